The molecule has 120 valence electrons. The molecule has 0 aromatic rings. The smallest absolute Gasteiger partial charge is 0.246 e. The van der Waals surface area contributed by atoms with Gasteiger partial charge in [-0.3, -0.25) is 4.79 Å². The maximum absolute atomic E-state index is 11.3. The molecule has 0 aliphatic carbocycles. The number of carbonyl (C=O) groups excluding carboxylic acids is 1. The second kappa shape index (κ2) is 14.7. The van der Waals surface area contributed by atoms with Crippen LogP contribution in [0.2, 0.25) is 0 Å². The van der Waals surface area contributed by atoms with E-state index in [1.54, 1.807) is 0 Å². The van der Waals surface area contributed by atoms with Crippen LogP contribution in [0, 0.1) is 0 Å². The van der Waals surface area contributed by atoms with Gasteiger partial charge in [0.2, 0.25) is 5.91 Å². The van der Waals surface area contributed by atoms with Crippen molar-refractivity contribution in [1.82, 2.24) is 5.32 Å². The average Bonchev–Trinajstić information content (AvgIpc) is 2.42. The van der Waals surface area contributed by atoms with Crippen LogP contribution in [0.5, 0.6) is 0 Å². The molecule has 0 spiro atoms. The Morgan fingerprint density at radius 2 is 1.50 bits per heavy atom. The molecular weight excluding hydrogens is 262 g/mol. The van der Waals surface area contributed by atoms with Crippen molar-refractivity contribution in [2.45, 2.75) is 33.3 Å². The minimum Gasteiger partial charge on any atom is -0.379 e. The Kier molecular flexibility index (Phi) is 14.2. The summed E-state index contributed by atoms with van der Waals surface area (Å²) in [6, 6.07) is 0. The summed E-state index contributed by atoms with van der Waals surface area (Å²) < 4.78 is 21.1. The Bertz CT molecular complexity index is 224. The summed E-state index contributed by atoms with van der Waals surface area (Å²) in [6.07, 6.45) is 1.09. The van der Waals surface area contributed by atoms with E-state index in [0.717, 1.165) is 13.0 Å². The van der Waals surface area contributed by atoms with Crippen LogP contribution in [0.3, 0.4) is 0 Å². The molecule has 6 heteroatoms. The van der Waals surface area contributed by atoms with Gasteiger partial charge in [0.15, 0.2) is 0 Å². The highest BCUT2D eigenvalue weighted by Crippen LogP contribution is 1.86. The molecule has 0 unspecified atom stereocenters. The summed E-state index contributed by atoms with van der Waals surface area (Å²) in [5, 5.41) is 2.71. The van der Waals surface area contributed by atoms with E-state index in [9.17, 15) is 4.79 Å². The van der Waals surface area contributed by atoms with Crippen LogP contribution in [0.25, 0.3) is 0 Å². The molecule has 0 rings (SSSR count). The van der Waals surface area contributed by atoms with Crippen LogP contribution in [0.1, 0.15) is 27.2 Å². The average molecular weight is 291 g/mol. The van der Waals surface area contributed by atoms with Crippen molar-refractivity contribution in [2.24, 2.45) is 0 Å². The highest BCUT2D eigenvalue weighted by Gasteiger charge is 2.01. The number of amides is 1. The fraction of sp³-hybridized carbons (Fsp3) is 0.929. The monoisotopic (exact) mass is 291 g/mol. The lowest BCUT2D eigenvalue weighted by Crippen LogP contribution is -2.31. The van der Waals surface area contributed by atoms with E-state index >= 15 is 0 Å². The number of hydrogen-bond acceptors (Lipinski definition) is 5. The largest absolute Gasteiger partial charge is 0.379 e. The molecule has 0 radical (unpaired) electrons. The first-order chi connectivity index (χ1) is 9.66. The van der Waals surface area contributed by atoms with Gasteiger partial charge >= 0.3 is 0 Å². The molecular formula is C14H29NO5. The normalized spacial score (nSPS) is 11.0. The summed E-state index contributed by atoms with van der Waals surface area (Å²) in [7, 11) is 0. The van der Waals surface area contributed by atoms with E-state index < -0.39 is 0 Å². The van der Waals surface area contributed by atoms with Crippen LogP contribution in [-0.2, 0) is 23.7 Å². The number of nitrogens with one attached hydrogen (secondary N) is 1. The molecule has 0 aliphatic heterocycles. The fourth-order valence-corrected chi connectivity index (χ4v) is 1.24. The van der Waals surface area contributed by atoms with Crippen molar-refractivity contribution in [3.05, 3.63) is 0 Å². The Balaban J connectivity index is 3.11. The summed E-state index contributed by atoms with van der Waals surface area (Å²) in [6.45, 7) is 9.97. The predicted molar refractivity (Wildman–Crippen MR) is 76.8 cm³/mol. The lowest BCUT2D eigenvalue weighted by Gasteiger charge is -2.09. The first kappa shape index (κ1) is 19.3. The second-order valence-corrected chi connectivity index (χ2v) is 4.55. The van der Waals surface area contributed by atoms with Crippen LogP contribution in [0.15, 0.2) is 0 Å². The molecule has 0 bridgehead atoms. The first-order valence-corrected chi connectivity index (χ1v) is 7.28. The van der Waals surface area contributed by atoms with Gasteiger partial charge in [-0.2, -0.15) is 0 Å². The van der Waals surface area contributed by atoms with E-state index in [1.807, 2.05) is 13.8 Å². The van der Waals surface area contributed by atoms with E-state index in [2.05, 4.69) is 12.2 Å². The molecule has 0 saturated heterocycles. The Labute approximate surface area is 122 Å². The standard InChI is InChI=1S/C14H29NO5/c1-4-6-17-8-10-19-11-9-18-7-5-15-14(16)12-20-13(2)3/h13H,4-12H2,1-3H3,(H,15,16). The zero-order valence-corrected chi connectivity index (χ0v) is 13.0. The van der Waals surface area contributed by atoms with Gasteiger partial charge in [0.25, 0.3) is 0 Å². The van der Waals surface area contributed by atoms with E-state index in [1.165, 1.54) is 0 Å². The van der Waals surface area contributed by atoms with Gasteiger partial charge in [-0.15, -0.1) is 0 Å². The zero-order valence-electron chi connectivity index (χ0n) is 13.0. The number of carbonyl (C=O) groups is 1. The van der Waals surface area contributed by atoms with Gasteiger partial charge < -0.3 is 24.3 Å². The third kappa shape index (κ3) is 15.4. The molecule has 1 N–H and O–H groups in total. The van der Waals surface area contributed by atoms with Crippen molar-refractivity contribution in [3.63, 3.8) is 0 Å². The molecule has 20 heavy (non-hydrogen) atoms. The maximum atomic E-state index is 11.3. The van der Waals surface area contributed by atoms with Crippen LogP contribution < -0.4 is 5.32 Å². The van der Waals surface area contributed by atoms with Gasteiger partial charge in [0.05, 0.1) is 39.1 Å². The minimum atomic E-state index is -0.119. The second-order valence-electron chi connectivity index (χ2n) is 4.55. The van der Waals surface area contributed by atoms with Crippen LogP contribution in [0.4, 0.5) is 0 Å². The first-order valence-electron chi connectivity index (χ1n) is 7.28. The van der Waals surface area contributed by atoms with Crippen molar-refractivity contribution >= 4 is 5.91 Å². The molecule has 6 nitrogen and oxygen atoms in total. The summed E-state index contributed by atoms with van der Waals surface area (Å²) in [5.74, 6) is -0.119. The minimum absolute atomic E-state index is 0.0652. The van der Waals surface area contributed by atoms with E-state index in [4.69, 9.17) is 18.9 Å². The molecule has 0 saturated carbocycles. The Morgan fingerprint density at radius 1 is 0.950 bits per heavy atom. The number of ether oxygens (including phenoxy) is 4. The van der Waals surface area contributed by atoms with Gasteiger partial charge in [-0.05, 0) is 20.3 Å². The summed E-state index contributed by atoms with van der Waals surface area (Å²) >= 11 is 0. The lowest BCUT2D eigenvalue weighted by atomic mass is 10.5. The van der Waals surface area contributed by atoms with Crippen molar-refractivity contribution in [1.29, 1.82) is 0 Å². The van der Waals surface area contributed by atoms with Gasteiger partial charge in [-0.1, -0.05) is 6.92 Å². The highest BCUT2D eigenvalue weighted by molar-refractivity contribution is 5.77. The van der Waals surface area contributed by atoms with Gasteiger partial charge in [-0.25, -0.2) is 0 Å². The van der Waals surface area contributed by atoms with Crippen molar-refractivity contribution < 1.29 is 23.7 Å². The molecule has 0 aromatic heterocycles. The summed E-state index contributed by atoms with van der Waals surface area (Å²) in [4.78, 5) is 11.3. The maximum Gasteiger partial charge on any atom is 0.246 e. The fourth-order valence-electron chi connectivity index (χ4n) is 1.24. The topological polar surface area (TPSA) is 66.0 Å². The molecule has 0 fully saturated rings. The predicted octanol–water partition coefficient (Wildman–Crippen LogP) is 0.987. The third-order valence-corrected chi connectivity index (χ3v) is 2.21. The van der Waals surface area contributed by atoms with Gasteiger partial charge in [0, 0.05) is 13.2 Å². The summed E-state index contributed by atoms with van der Waals surface area (Å²) in [5.41, 5.74) is 0. The van der Waals surface area contributed by atoms with E-state index in [0.29, 0.717) is 39.6 Å². The molecule has 0 aliphatic rings. The van der Waals surface area contributed by atoms with Gasteiger partial charge in [0.1, 0.15) is 6.61 Å². The number of rotatable bonds is 14. The Hall–Kier alpha value is -0.690. The third-order valence-electron chi connectivity index (χ3n) is 2.21. The molecule has 0 heterocycles. The van der Waals surface area contributed by atoms with Crippen molar-refractivity contribution in [2.75, 3.05) is 52.8 Å². The van der Waals surface area contributed by atoms with Crippen LogP contribution >= 0.6 is 0 Å². The lowest BCUT2D eigenvalue weighted by molar-refractivity contribution is -0.127. The molecule has 1 amide bonds. The quantitative estimate of drug-likeness (QED) is 0.483. The zero-order chi connectivity index (χ0) is 15.1. The molecule has 0 aromatic carbocycles. The van der Waals surface area contributed by atoms with E-state index in [-0.39, 0.29) is 18.6 Å². The number of hydrogen-bond donors (Lipinski definition) is 1. The molecule has 0 atom stereocenters. The SMILES string of the molecule is CCCOCCOCCOCCNC(=O)COC(C)C. The van der Waals surface area contributed by atoms with Crippen molar-refractivity contribution in [3.8, 4) is 0 Å². The Morgan fingerprint density at radius 3 is 2.05 bits per heavy atom. The van der Waals surface area contributed by atoms with Crippen LogP contribution in [-0.4, -0.2) is 64.8 Å². The highest BCUT2D eigenvalue weighted by atomic mass is 16.5.